The van der Waals surface area contributed by atoms with Crippen LogP contribution in [0.25, 0.3) is 0 Å². The third-order valence-electron chi connectivity index (χ3n) is 2.74. The topological polar surface area (TPSA) is 63.2 Å². The lowest BCUT2D eigenvalue weighted by Gasteiger charge is -2.08. The number of carbonyl (C=O) groups excluding carboxylic acids is 1. The van der Waals surface area contributed by atoms with Crippen molar-refractivity contribution in [3.05, 3.63) is 48.2 Å². The summed E-state index contributed by atoms with van der Waals surface area (Å²) in [6.45, 7) is 5.24. The average molecular weight is 285 g/mol. The number of carbonyl (C=O) groups is 1. The Morgan fingerprint density at radius 3 is 2.76 bits per heavy atom. The van der Waals surface area contributed by atoms with Crippen molar-refractivity contribution in [1.82, 2.24) is 4.98 Å². The van der Waals surface area contributed by atoms with Gasteiger partial charge >= 0.3 is 0 Å². The zero-order chi connectivity index (χ0) is 15.1. The van der Waals surface area contributed by atoms with Crippen molar-refractivity contribution in [2.24, 2.45) is 0 Å². The van der Waals surface area contributed by atoms with Gasteiger partial charge < -0.3 is 15.4 Å². The Morgan fingerprint density at radius 2 is 2.00 bits per heavy atom. The quantitative estimate of drug-likeness (QED) is 0.855. The number of hydrogen-bond donors (Lipinski definition) is 2. The van der Waals surface area contributed by atoms with Crippen LogP contribution in [0.1, 0.15) is 24.3 Å². The van der Waals surface area contributed by atoms with Crippen LogP contribution in [0.2, 0.25) is 0 Å². The molecule has 0 aliphatic heterocycles. The van der Waals surface area contributed by atoms with Crippen molar-refractivity contribution in [1.29, 1.82) is 0 Å². The molecule has 1 heterocycles. The molecule has 0 unspecified atom stereocenters. The van der Waals surface area contributed by atoms with Gasteiger partial charge in [-0.3, -0.25) is 4.79 Å². The lowest BCUT2D eigenvalue weighted by atomic mass is 10.2. The Balaban J connectivity index is 2.10. The fraction of sp³-hybridized carbons (Fsp3) is 0.250. The molecule has 2 aromatic rings. The van der Waals surface area contributed by atoms with Gasteiger partial charge in [-0.15, -0.1) is 0 Å². The number of nitrogens with zero attached hydrogens (tertiary/aromatic N) is 1. The van der Waals surface area contributed by atoms with Crippen LogP contribution in [0.15, 0.2) is 42.5 Å². The van der Waals surface area contributed by atoms with Gasteiger partial charge in [0, 0.05) is 18.3 Å². The number of nitrogens with one attached hydrogen (secondary N) is 2. The summed E-state index contributed by atoms with van der Waals surface area (Å²) in [4.78, 5) is 16.5. The largest absolute Gasteiger partial charge is 0.494 e. The fourth-order valence-electron chi connectivity index (χ4n) is 1.87. The highest BCUT2D eigenvalue weighted by Crippen LogP contribution is 2.18. The van der Waals surface area contributed by atoms with E-state index in [1.54, 1.807) is 18.2 Å². The van der Waals surface area contributed by atoms with E-state index < -0.39 is 0 Å². The molecule has 0 aliphatic rings. The van der Waals surface area contributed by atoms with Gasteiger partial charge in [0.15, 0.2) is 0 Å². The monoisotopic (exact) mass is 285 g/mol. The maximum Gasteiger partial charge on any atom is 0.274 e. The zero-order valence-electron chi connectivity index (χ0n) is 12.2. The van der Waals surface area contributed by atoms with Crippen LogP contribution in [0.4, 0.5) is 11.5 Å². The van der Waals surface area contributed by atoms with E-state index in [0.29, 0.717) is 23.8 Å². The second-order valence-electron chi connectivity index (χ2n) is 4.35. The minimum atomic E-state index is -0.247. The molecule has 0 atom stereocenters. The number of benzene rings is 1. The number of ether oxygens (including phenoxy) is 1. The minimum absolute atomic E-state index is 0.247. The summed E-state index contributed by atoms with van der Waals surface area (Å²) in [6, 6.07) is 12.6. The average Bonchev–Trinajstić information content (AvgIpc) is 2.48. The smallest absolute Gasteiger partial charge is 0.274 e. The van der Waals surface area contributed by atoms with Crippen molar-refractivity contribution in [2.75, 3.05) is 23.8 Å². The van der Waals surface area contributed by atoms with Gasteiger partial charge in [-0.05, 0) is 38.1 Å². The number of anilines is 2. The molecule has 1 amide bonds. The number of aromatic nitrogens is 1. The first kappa shape index (κ1) is 14.8. The molecule has 0 fully saturated rings. The van der Waals surface area contributed by atoms with Crippen molar-refractivity contribution in [3.63, 3.8) is 0 Å². The van der Waals surface area contributed by atoms with E-state index in [1.807, 2.05) is 38.1 Å². The standard InChI is InChI=1S/C16H19N3O2/c1-3-17-15-10-6-9-14(19-15)16(20)18-12-7-5-8-13(11-12)21-4-2/h5-11H,3-4H2,1-2H3,(H,17,19)(H,18,20). The lowest BCUT2D eigenvalue weighted by molar-refractivity contribution is 0.102. The normalized spacial score (nSPS) is 10.0. The molecule has 0 aliphatic carbocycles. The third-order valence-corrected chi connectivity index (χ3v) is 2.74. The molecule has 110 valence electrons. The van der Waals surface area contributed by atoms with E-state index >= 15 is 0 Å². The Hall–Kier alpha value is -2.56. The maximum absolute atomic E-state index is 12.2. The molecule has 0 saturated heterocycles. The van der Waals surface area contributed by atoms with E-state index in [1.165, 1.54) is 0 Å². The van der Waals surface area contributed by atoms with Crippen LogP contribution in [0.5, 0.6) is 5.75 Å². The molecule has 0 saturated carbocycles. The molecule has 5 heteroatoms. The van der Waals surface area contributed by atoms with Crippen molar-refractivity contribution < 1.29 is 9.53 Å². The molecule has 0 bridgehead atoms. The highest BCUT2D eigenvalue weighted by atomic mass is 16.5. The van der Waals surface area contributed by atoms with Gasteiger partial charge in [-0.2, -0.15) is 0 Å². The predicted octanol–water partition coefficient (Wildman–Crippen LogP) is 3.16. The first-order valence-corrected chi connectivity index (χ1v) is 6.98. The van der Waals surface area contributed by atoms with Gasteiger partial charge in [0.05, 0.1) is 6.61 Å². The molecular formula is C16H19N3O2. The van der Waals surface area contributed by atoms with Gasteiger partial charge in [-0.25, -0.2) is 4.98 Å². The lowest BCUT2D eigenvalue weighted by Crippen LogP contribution is -2.14. The van der Waals surface area contributed by atoms with Crippen molar-refractivity contribution in [2.45, 2.75) is 13.8 Å². The Labute approximate surface area is 124 Å². The maximum atomic E-state index is 12.2. The summed E-state index contributed by atoms with van der Waals surface area (Å²) in [5, 5.41) is 5.90. The van der Waals surface area contributed by atoms with Crippen LogP contribution in [0, 0.1) is 0 Å². The Morgan fingerprint density at radius 1 is 1.19 bits per heavy atom. The summed E-state index contributed by atoms with van der Waals surface area (Å²) in [6.07, 6.45) is 0. The van der Waals surface area contributed by atoms with Gasteiger partial charge in [0.2, 0.25) is 0 Å². The van der Waals surface area contributed by atoms with Crippen molar-refractivity contribution >= 4 is 17.4 Å². The van der Waals surface area contributed by atoms with Crippen LogP contribution in [-0.2, 0) is 0 Å². The number of pyridine rings is 1. The number of hydrogen-bond acceptors (Lipinski definition) is 4. The molecule has 0 radical (unpaired) electrons. The second-order valence-corrected chi connectivity index (χ2v) is 4.35. The molecule has 2 N–H and O–H groups in total. The van der Waals surface area contributed by atoms with E-state index in [-0.39, 0.29) is 5.91 Å². The third kappa shape index (κ3) is 4.21. The molecule has 2 rings (SSSR count). The summed E-state index contributed by atoms with van der Waals surface area (Å²) in [5.74, 6) is 1.17. The zero-order valence-corrected chi connectivity index (χ0v) is 12.2. The van der Waals surface area contributed by atoms with Gasteiger partial charge in [0.1, 0.15) is 17.3 Å². The van der Waals surface area contributed by atoms with Gasteiger partial charge in [0.25, 0.3) is 5.91 Å². The minimum Gasteiger partial charge on any atom is -0.494 e. The highest BCUT2D eigenvalue weighted by molar-refractivity contribution is 6.03. The predicted molar refractivity (Wildman–Crippen MR) is 84.0 cm³/mol. The first-order valence-electron chi connectivity index (χ1n) is 6.98. The highest BCUT2D eigenvalue weighted by Gasteiger charge is 2.08. The van der Waals surface area contributed by atoms with Gasteiger partial charge in [-0.1, -0.05) is 12.1 Å². The number of amides is 1. The molecule has 5 nitrogen and oxygen atoms in total. The second kappa shape index (κ2) is 7.28. The summed E-state index contributed by atoms with van der Waals surface area (Å²) < 4.78 is 5.41. The van der Waals surface area contributed by atoms with Crippen LogP contribution in [-0.4, -0.2) is 24.0 Å². The van der Waals surface area contributed by atoms with Crippen LogP contribution >= 0.6 is 0 Å². The summed E-state index contributed by atoms with van der Waals surface area (Å²) in [5.41, 5.74) is 1.05. The SMILES string of the molecule is CCNc1cccc(C(=O)Nc2cccc(OCC)c2)n1. The van der Waals surface area contributed by atoms with E-state index in [0.717, 1.165) is 12.3 Å². The van der Waals surface area contributed by atoms with Crippen LogP contribution in [0.3, 0.4) is 0 Å². The van der Waals surface area contributed by atoms with Crippen molar-refractivity contribution in [3.8, 4) is 5.75 Å². The fourth-order valence-corrected chi connectivity index (χ4v) is 1.87. The molecule has 0 spiro atoms. The Kier molecular flexibility index (Phi) is 5.15. The Bertz CT molecular complexity index is 614. The molecule has 21 heavy (non-hydrogen) atoms. The molecule has 1 aromatic carbocycles. The first-order chi connectivity index (χ1) is 10.2. The summed E-state index contributed by atoms with van der Waals surface area (Å²) >= 11 is 0. The van der Waals surface area contributed by atoms with Crippen LogP contribution < -0.4 is 15.4 Å². The summed E-state index contributed by atoms with van der Waals surface area (Å²) in [7, 11) is 0. The van der Waals surface area contributed by atoms with E-state index in [4.69, 9.17) is 4.74 Å². The van der Waals surface area contributed by atoms with E-state index in [9.17, 15) is 4.79 Å². The number of rotatable bonds is 6. The molecule has 1 aromatic heterocycles. The van der Waals surface area contributed by atoms with E-state index in [2.05, 4.69) is 15.6 Å². The molecular weight excluding hydrogens is 266 g/mol.